The third kappa shape index (κ3) is 5.03. The van der Waals surface area contributed by atoms with Crippen LogP contribution in [0, 0.1) is 16.4 Å². The zero-order chi connectivity index (χ0) is 27.0. The van der Waals surface area contributed by atoms with Gasteiger partial charge in [-0.15, -0.1) is 0 Å². The maximum absolute atomic E-state index is 13.6. The van der Waals surface area contributed by atoms with Crippen LogP contribution in [0.3, 0.4) is 0 Å². The molecule has 5 rings (SSSR count). The molecule has 0 radical (unpaired) electrons. The minimum atomic E-state index is -0.332. The number of nitrogens with zero attached hydrogens (tertiary/aromatic N) is 5. The van der Waals surface area contributed by atoms with Crippen molar-refractivity contribution in [2.45, 2.75) is 58.5 Å². The van der Waals surface area contributed by atoms with E-state index in [2.05, 4.69) is 48.1 Å². The Kier molecular flexibility index (Phi) is 7.46. The van der Waals surface area contributed by atoms with Gasteiger partial charge in [-0.25, -0.2) is 19.9 Å². The molecule has 1 aromatic carbocycles. The Balaban J connectivity index is 1.44. The van der Waals surface area contributed by atoms with Crippen LogP contribution in [0.15, 0.2) is 45.1 Å². The first-order chi connectivity index (χ1) is 18.3. The van der Waals surface area contributed by atoms with Gasteiger partial charge in [0.2, 0.25) is 0 Å². The molecule has 0 saturated heterocycles. The number of hydrogen-bond acceptors (Lipinski definition) is 7. The van der Waals surface area contributed by atoms with Gasteiger partial charge in [-0.3, -0.25) is 18.7 Å². The lowest BCUT2D eigenvalue weighted by Crippen LogP contribution is -2.42. The second kappa shape index (κ2) is 10.8. The number of fused-ring (bicyclic) bond motifs is 1. The van der Waals surface area contributed by atoms with Crippen molar-refractivity contribution >= 4 is 39.2 Å². The molecular formula is C27H30IN7O3. The van der Waals surface area contributed by atoms with Crippen molar-refractivity contribution in [3.63, 3.8) is 0 Å². The van der Waals surface area contributed by atoms with E-state index in [1.165, 1.54) is 4.57 Å². The van der Waals surface area contributed by atoms with Gasteiger partial charge in [-0.05, 0) is 78.8 Å². The Labute approximate surface area is 232 Å². The van der Waals surface area contributed by atoms with E-state index in [-0.39, 0.29) is 28.8 Å². The van der Waals surface area contributed by atoms with Crippen molar-refractivity contribution in [2.24, 2.45) is 13.0 Å². The molecular weight excluding hydrogens is 597 g/mol. The summed E-state index contributed by atoms with van der Waals surface area (Å²) in [6.45, 7) is 4.17. The molecule has 2 N–H and O–H groups in total. The first-order valence-corrected chi connectivity index (χ1v) is 13.9. The first-order valence-electron chi connectivity index (χ1n) is 12.8. The molecule has 1 aliphatic rings. The lowest BCUT2D eigenvalue weighted by Gasteiger charge is -2.31. The van der Waals surface area contributed by atoms with Gasteiger partial charge in [0.05, 0.1) is 22.8 Å². The Morgan fingerprint density at radius 1 is 1.13 bits per heavy atom. The zero-order valence-corrected chi connectivity index (χ0v) is 23.8. The van der Waals surface area contributed by atoms with Gasteiger partial charge in [-0.1, -0.05) is 13.3 Å². The normalized spacial score (nSPS) is 17.6. The molecule has 1 fully saturated rings. The number of H-pyrrole nitrogens is 1. The van der Waals surface area contributed by atoms with Crippen LogP contribution in [-0.2, 0) is 20.0 Å². The number of hydrogen-bond donors (Lipinski definition) is 2. The van der Waals surface area contributed by atoms with E-state index in [1.54, 1.807) is 37.1 Å². The van der Waals surface area contributed by atoms with Crippen molar-refractivity contribution in [1.29, 1.82) is 0 Å². The summed E-state index contributed by atoms with van der Waals surface area (Å²) in [5.41, 5.74) is 2.90. The average Bonchev–Trinajstić information content (AvgIpc) is 2.92. The number of halogens is 1. The minimum absolute atomic E-state index is 0.138. The molecule has 0 amide bonds. The zero-order valence-electron chi connectivity index (χ0n) is 21.6. The highest BCUT2D eigenvalue weighted by atomic mass is 127. The van der Waals surface area contributed by atoms with Crippen molar-refractivity contribution in [3.05, 3.63) is 76.6 Å². The Morgan fingerprint density at radius 2 is 1.89 bits per heavy atom. The number of benzene rings is 1. The monoisotopic (exact) mass is 627 g/mol. The fourth-order valence-electron chi connectivity index (χ4n) is 5.21. The molecule has 11 heteroatoms. The largest absolute Gasteiger partial charge is 0.381 e. The predicted molar refractivity (Wildman–Crippen MR) is 156 cm³/mol. The van der Waals surface area contributed by atoms with Gasteiger partial charge in [0.1, 0.15) is 0 Å². The van der Waals surface area contributed by atoms with E-state index in [4.69, 9.17) is 0 Å². The van der Waals surface area contributed by atoms with Crippen molar-refractivity contribution < 1.29 is 0 Å². The summed E-state index contributed by atoms with van der Waals surface area (Å²) >= 11 is 2.20. The van der Waals surface area contributed by atoms with E-state index in [0.717, 1.165) is 52.5 Å². The molecule has 0 spiro atoms. The quantitative estimate of drug-likeness (QED) is 0.314. The number of anilines is 1. The molecule has 3 heterocycles. The molecule has 10 nitrogen and oxygen atoms in total. The highest BCUT2D eigenvalue weighted by molar-refractivity contribution is 14.1. The number of aromatic amines is 1. The summed E-state index contributed by atoms with van der Waals surface area (Å²) in [6, 6.07) is 3.80. The van der Waals surface area contributed by atoms with E-state index >= 15 is 0 Å². The fourth-order valence-corrected chi connectivity index (χ4v) is 5.91. The van der Waals surface area contributed by atoms with Gasteiger partial charge in [0, 0.05) is 46.7 Å². The van der Waals surface area contributed by atoms with Crippen LogP contribution in [0.2, 0.25) is 0 Å². The van der Waals surface area contributed by atoms with Crippen molar-refractivity contribution in [2.75, 3.05) is 5.32 Å². The van der Waals surface area contributed by atoms with E-state index in [0.29, 0.717) is 28.8 Å². The smallest absolute Gasteiger partial charge is 0.331 e. The maximum Gasteiger partial charge on any atom is 0.331 e. The first kappa shape index (κ1) is 26.3. The summed E-state index contributed by atoms with van der Waals surface area (Å²) in [4.78, 5) is 47.8. The lowest BCUT2D eigenvalue weighted by atomic mass is 9.85. The van der Waals surface area contributed by atoms with E-state index in [1.807, 2.05) is 19.1 Å². The molecule has 3 aromatic heterocycles. The van der Waals surface area contributed by atoms with Crippen LogP contribution in [-0.4, -0.2) is 35.3 Å². The second-order valence-corrected chi connectivity index (χ2v) is 11.1. The number of nitrogens with one attached hydrogen (secondary N) is 2. The highest BCUT2D eigenvalue weighted by Crippen LogP contribution is 2.29. The third-order valence-electron chi connectivity index (χ3n) is 7.48. The molecule has 1 saturated carbocycles. The molecule has 2 atom stereocenters. The molecule has 198 valence electrons. The van der Waals surface area contributed by atoms with Crippen LogP contribution >= 0.6 is 22.6 Å². The Hall–Kier alpha value is -3.35. The summed E-state index contributed by atoms with van der Waals surface area (Å²) in [7, 11) is 1.70. The van der Waals surface area contributed by atoms with Crippen LogP contribution in [0.4, 0.5) is 5.69 Å². The van der Waals surface area contributed by atoms with Crippen LogP contribution < -0.4 is 22.1 Å². The van der Waals surface area contributed by atoms with Crippen LogP contribution in [0.25, 0.3) is 22.3 Å². The molecule has 4 aromatic rings. The van der Waals surface area contributed by atoms with Gasteiger partial charge in [0.15, 0.2) is 5.82 Å². The van der Waals surface area contributed by atoms with E-state index < -0.39 is 0 Å². The Bertz CT molecular complexity index is 1670. The van der Waals surface area contributed by atoms with Gasteiger partial charge >= 0.3 is 5.69 Å². The topological polar surface area (TPSA) is 128 Å². The van der Waals surface area contributed by atoms with Crippen LogP contribution in [0.1, 0.15) is 43.7 Å². The molecule has 0 aliphatic heterocycles. The third-order valence-corrected chi connectivity index (χ3v) is 8.37. The SMILES string of the molecule is CCc1cnc(-c2cc3c(cc2I)c(=O)n(C[C@@H]2CCC[C@H](Nc4cn[nH]c(=O)c4C)C2)c(=O)n3C)nc1. The number of aryl methyl sites for hydroxylation is 2. The number of rotatable bonds is 6. The second-order valence-electron chi connectivity index (χ2n) is 9.99. The predicted octanol–water partition coefficient (Wildman–Crippen LogP) is 3.39. The lowest BCUT2D eigenvalue weighted by molar-refractivity contribution is 0.293. The summed E-state index contributed by atoms with van der Waals surface area (Å²) in [6.07, 6.45) is 9.74. The molecule has 1 aliphatic carbocycles. The molecule has 0 unspecified atom stereocenters. The number of aromatic nitrogens is 6. The Morgan fingerprint density at radius 3 is 2.63 bits per heavy atom. The summed E-state index contributed by atoms with van der Waals surface area (Å²) < 4.78 is 3.77. The standard InChI is InChI=1S/C27H30IN7O3/c1-4-16-11-29-24(30-12-16)19-10-23-20(9-21(19)28)26(37)35(27(38)34(23)3)14-17-6-5-7-18(8-17)32-22-13-31-33-25(36)15(22)2/h9-13,17-18H,4-8,14H2,1-3H3,(H2,32,33,36)/t17-,18+/m1/s1. The molecule has 38 heavy (non-hydrogen) atoms. The van der Waals surface area contributed by atoms with Crippen molar-refractivity contribution in [3.8, 4) is 11.4 Å². The summed E-state index contributed by atoms with van der Waals surface area (Å²) in [5, 5.41) is 10.3. The molecule has 0 bridgehead atoms. The van der Waals surface area contributed by atoms with Crippen LogP contribution in [0.5, 0.6) is 0 Å². The van der Waals surface area contributed by atoms with E-state index in [9.17, 15) is 14.4 Å². The highest BCUT2D eigenvalue weighted by Gasteiger charge is 2.25. The average molecular weight is 627 g/mol. The summed E-state index contributed by atoms with van der Waals surface area (Å²) in [5.74, 6) is 0.722. The minimum Gasteiger partial charge on any atom is -0.381 e. The van der Waals surface area contributed by atoms with Crippen molar-refractivity contribution in [1.82, 2.24) is 29.3 Å². The van der Waals surface area contributed by atoms with Gasteiger partial charge < -0.3 is 5.32 Å². The fraction of sp³-hybridized carbons (Fsp3) is 0.407. The van der Waals surface area contributed by atoms with Gasteiger partial charge in [-0.2, -0.15) is 5.10 Å². The van der Waals surface area contributed by atoms with Gasteiger partial charge in [0.25, 0.3) is 11.1 Å². The maximum atomic E-state index is 13.6.